The zero-order chi connectivity index (χ0) is 35.6. The van der Waals surface area contributed by atoms with E-state index in [1.54, 1.807) is 0 Å². The van der Waals surface area contributed by atoms with E-state index in [2.05, 4.69) is 144 Å². The zero-order valence-corrected chi connectivity index (χ0v) is 29.0. The van der Waals surface area contributed by atoms with Gasteiger partial charge in [0.1, 0.15) is 11.2 Å². The second kappa shape index (κ2) is 12.1. The summed E-state index contributed by atoms with van der Waals surface area (Å²) in [6, 6.07) is 63.3. The Hall–Kier alpha value is -7.37. The molecule has 0 spiro atoms. The van der Waals surface area contributed by atoms with Crippen molar-refractivity contribution < 1.29 is 4.42 Å². The van der Waals surface area contributed by atoms with E-state index in [-0.39, 0.29) is 0 Å². The molecule has 3 aromatic heterocycles. The number of benzene rings is 8. The molecule has 0 fully saturated rings. The number of hydrogen-bond donors (Lipinski definition) is 0. The van der Waals surface area contributed by atoms with E-state index in [0.29, 0.717) is 17.5 Å². The second-order valence-corrected chi connectivity index (χ2v) is 13.6. The van der Waals surface area contributed by atoms with Gasteiger partial charge in [-0.2, -0.15) is 0 Å². The molecule has 0 saturated heterocycles. The van der Waals surface area contributed by atoms with Crippen LogP contribution in [0.15, 0.2) is 186 Å². The molecule has 3 heterocycles. The van der Waals surface area contributed by atoms with Crippen molar-refractivity contribution in [3.63, 3.8) is 0 Å². The van der Waals surface area contributed by atoms with Gasteiger partial charge in [-0.25, -0.2) is 15.0 Å². The van der Waals surface area contributed by atoms with Crippen LogP contribution in [0.1, 0.15) is 0 Å². The molecule has 5 heteroatoms. The Morgan fingerprint density at radius 2 is 0.981 bits per heavy atom. The number of aromatic nitrogens is 4. The fourth-order valence-corrected chi connectivity index (χ4v) is 7.91. The highest BCUT2D eigenvalue weighted by Crippen LogP contribution is 2.38. The van der Waals surface area contributed by atoms with E-state index in [1.165, 1.54) is 27.1 Å². The van der Waals surface area contributed by atoms with E-state index in [9.17, 15) is 0 Å². The number of furan rings is 1. The Balaban J connectivity index is 1.11. The van der Waals surface area contributed by atoms with Crippen molar-refractivity contribution in [2.45, 2.75) is 0 Å². The van der Waals surface area contributed by atoms with Crippen molar-refractivity contribution in [3.8, 4) is 51.0 Å². The average molecular weight is 691 g/mol. The molecule has 0 bridgehead atoms. The summed E-state index contributed by atoms with van der Waals surface area (Å²) in [5, 5.41) is 7.00. The van der Waals surface area contributed by atoms with E-state index in [4.69, 9.17) is 19.4 Å². The summed E-state index contributed by atoms with van der Waals surface area (Å²) in [4.78, 5) is 15.5. The third-order valence-electron chi connectivity index (χ3n) is 10.5. The highest BCUT2D eigenvalue weighted by Gasteiger charge is 2.20. The molecule has 54 heavy (non-hydrogen) atoms. The summed E-state index contributed by atoms with van der Waals surface area (Å²) in [6.07, 6.45) is 0. The standard InChI is InChI=1S/C49H30N4O/c1-2-13-31(14-3-1)36-17-6-7-20-40(36)48-50-47(51-49(52-48)41-22-12-21-39-38-19-9-11-24-45(38)54-46(39)41)32-25-27-35(28-26-32)53-43-23-10-8-18-37(43)42-29-33-15-4-5-16-34(33)30-44(42)53/h1-30H. The third-order valence-corrected chi connectivity index (χ3v) is 10.5. The Labute approximate surface area is 310 Å². The van der Waals surface area contributed by atoms with Gasteiger partial charge in [0.25, 0.3) is 0 Å². The Morgan fingerprint density at radius 1 is 0.370 bits per heavy atom. The molecule has 252 valence electrons. The first-order valence-corrected chi connectivity index (χ1v) is 18.1. The number of rotatable bonds is 5. The summed E-state index contributed by atoms with van der Waals surface area (Å²) >= 11 is 0. The molecular weight excluding hydrogens is 661 g/mol. The van der Waals surface area contributed by atoms with Crippen LogP contribution in [0.4, 0.5) is 0 Å². The van der Waals surface area contributed by atoms with Gasteiger partial charge in [-0.3, -0.25) is 0 Å². The maximum Gasteiger partial charge on any atom is 0.167 e. The lowest BCUT2D eigenvalue weighted by atomic mass is 9.99. The summed E-state index contributed by atoms with van der Waals surface area (Å²) in [5.41, 5.74) is 9.78. The maximum atomic E-state index is 6.47. The van der Waals surface area contributed by atoms with Crippen molar-refractivity contribution in [2.75, 3.05) is 0 Å². The van der Waals surface area contributed by atoms with Crippen LogP contribution in [0.5, 0.6) is 0 Å². The Kier molecular flexibility index (Phi) is 6.79. The molecule has 0 amide bonds. The molecule has 0 aliphatic rings. The quantitative estimate of drug-likeness (QED) is 0.180. The predicted octanol–water partition coefficient (Wildman–Crippen LogP) is 12.7. The normalized spacial score (nSPS) is 11.7. The maximum absolute atomic E-state index is 6.47. The van der Waals surface area contributed by atoms with Crippen LogP contribution >= 0.6 is 0 Å². The van der Waals surface area contributed by atoms with Crippen LogP contribution < -0.4 is 0 Å². The minimum absolute atomic E-state index is 0.556. The fraction of sp³-hybridized carbons (Fsp3) is 0. The molecule has 0 aliphatic carbocycles. The highest BCUT2D eigenvalue weighted by molar-refractivity contribution is 6.13. The topological polar surface area (TPSA) is 56.7 Å². The van der Waals surface area contributed by atoms with Gasteiger partial charge >= 0.3 is 0 Å². The molecule has 11 rings (SSSR count). The largest absolute Gasteiger partial charge is 0.455 e. The zero-order valence-electron chi connectivity index (χ0n) is 29.0. The first-order chi connectivity index (χ1) is 26.8. The van der Waals surface area contributed by atoms with Gasteiger partial charge < -0.3 is 8.98 Å². The van der Waals surface area contributed by atoms with Crippen LogP contribution in [0.2, 0.25) is 0 Å². The second-order valence-electron chi connectivity index (χ2n) is 13.6. The van der Waals surface area contributed by atoms with Gasteiger partial charge in [0, 0.05) is 38.4 Å². The summed E-state index contributed by atoms with van der Waals surface area (Å²) in [5.74, 6) is 1.74. The van der Waals surface area contributed by atoms with Gasteiger partial charge in [0.15, 0.2) is 17.5 Å². The van der Waals surface area contributed by atoms with Crippen molar-refractivity contribution >= 4 is 54.5 Å². The summed E-state index contributed by atoms with van der Waals surface area (Å²) < 4.78 is 8.82. The van der Waals surface area contributed by atoms with Gasteiger partial charge in [-0.1, -0.05) is 127 Å². The number of fused-ring (bicyclic) bond motifs is 7. The monoisotopic (exact) mass is 690 g/mol. The lowest BCUT2D eigenvalue weighted by molar-refractivity contribution is 0.669. The lowest BCUT2D eigenvalue weighted by Gasteiger charge is -2.13. The molecular formula is C49H30N4O. The lowest BCUT2D eigenvalue weighted by Crippen LogP contribution is -2.01. The number of hydrogen-bond acceptors (Lipinski definition) is 4. The van der Waals surface area contributed by atoms with E-state index < -0.39 is 0 Å². The smallest absolute Gasteiger partial charge is 0.167 e. The molecule has 0 N–H and O–H groups in total. The molecule has 0 radical (unpaired) electrons. The van der Waals surface area contributed by atoms with Crippen molar-refractivity contribution in [1.29, 1.82) is 0 Å². The van der Waals surface area contributed by atoms with Gasteiger partial charge in [0.2, 0.25) is 0 Å². The van der Waals surface area contributed by atoms with Crippen LogP contribution in [0.25, 0.3) is 105 Å². The molecule has 0 atom stereocenters. The molecule has 0 aliphatic heterocycles. The number of nitrogens with zero attached hydrogens (tertiary/aromatic N) is 4. The first-order valence-electron chi connectivity index (χ1n) is 18.1. The van der Waals surface area contributed by atoms with Gasteiger partial charge in [-0.15, -0.1) is 0 Å². The highest BCUT2D eigenvalue weighted by atomic mass is 16.3. The molecule has 0 unspecified atom stereocenters. The SMILES string of the molecule is c1ccc(-c2ccccc2-c2nc(-c3ccc(-n4c5ccccc5c5cc6ccccc6cc54)cc3)nc(-c3cccc4c3oc3ccccc34)n2)cc1. The average Bonchev–Trinajstić information content (AvgIpc) is 3.78. The van der Waals surface area contributed by atoms with Gasteiger partial charge in [-0.05, 0) is 76.5 Å². The molecule has 5 nitrogen and oxygen atoms in total. The van der Waals surface area contributed by atoms with E-state index in [0.717, 1.165) is 61.0 Å². The fourth-order valence-electron chi connectivity index (χ4n) is 7.91. The Morgan fingerprint density at radius 3 is 1.81 bits per heavy atom. The number of para-hydroxylation sites is 3. The van der Waals surface area contributed by atoms with Crippen LogP contribution in [0.3, 0.4) is 0 Å². The summed E-state index contributed by atoms with van der Waals surface area (Å²) in [7, 11) is 0. The Bertz CT molecular complexity index is 3210. The van der Waals surface area contributed by atoms with Crippen LogP contribution in [-0.4, -0.2) is 19.5 Å². The molecule has 11 aromatic rings. The van der Waals surface area contributed by atoms with E-state index in [1.807, 2.05) is 42.5 Å². The van der Waals surface area contributed by atoms with Crippen molar-refractivity contribution in [1.82, 2.24) is 19.5 Å². The van der Waals surface area contributed by atoms with Crippen LogP contribution in [-0.2, 0) is 0 Å². The minimum Gasteiger partial charge on any atom is -0.455 e. The van der Waals surface area contributed by atoms with Crippen molar-refractivity contribution in [2.24, 2.45) is 0 Å². The predicted molar refractivity (Wildman–Crippen MR) is 221 cm³/mol. The van der Waals surface area contributed by atoms with E-state index >= 15 is 0 Å². The minimum atomic E-state index is 0.556. The third kappa shape index (κ3) is 4.83. The molecule has 0 saturated carbocycles. The van der Waals surface area contributed by atoms with Gasteiger partial charge in [0.05, 0.1) is 16.6 Å². The van der Waals surface area contributed by atoms with Crippen LogP contribution in [0, 0.1) is 0 Å². The molecule has 8 aromatic carbocycles. The first kappa shape index (κ1) is 30.3. The summed E-state index contributed by atoms with van der Waals surface area (Å²) in [6.45, 7) is 0. The van der Waals surface area contributed by atoms with Crippen molar-refractivity contribution in [3.05, 3.63) is 182 Å².